The van der Waals surface area contributed by atoms with Crippen LogP contribution in [0.4, 0.5) is 0 Å². The van der Waals surface area contributed by atoms with Crippen LogP contribution in [-0.2, 0) is 6.54 Å². The minimum absolute atomic E-state index is 0.183. The lowest BCUT2D eigenvalue weighted by atomic mass is 10.1. The maximum Gasteiger partial charge on any atom is 0.0221 e. The van der Waals surface area contributed by atoms with Gasteiger partial charge >= 0.3 is 0 Å². The van der Waals surface area contributed by atoms with Crippen LogP contribution in [0.5, 0.6) is 0 Å². The van der Waals surface area contributed by atoms with Crippen LogP contribution < -0.4 is 5.32 Å². The Balaban J connectivity index is 2.63. The van der Waals surface area contributed by atoms with Crippen LogP contribution >= 0.6 is 11.8 Å². The van der Waals surface area contributed by atoms with Crippen LogP contribution in [-0.4, -0.2) is 11.3 Å². The van der Waals surface area contributed by atoms with E-state index in [-0.39, 0.29) is 5.54 Å². The Morgan fingerprint density at radius 2 is 1.88 bits per heavy atom. The van der Waals surface area contributed by atoms with Crippen molar-refractivity contribution in [3.63, 3.8) is 0 Å². The molecule has 90 valence electrons. The number of hydrogen-bond donors (Lipinski definition) is 1. The molecular formula is C14H23NS. The first kappa shape index (κ1) is 13.6. The molecule has 0 aromatic heterocycles. The van der Waals surface area contributed by atoms with E-state index in [9.17, 15) is 0 Å². The molecule has 0 unspecified atom stereocenters. The first-order valence-electron chi connectivity index (χ1n) is 5.98. The highest BCUT2D eigenvalue weighted by molar-refractivity contribution is 7.99. The quantitative estimate of drug-likeness (QED) is 0.775. The average Bonchev–Trinajstić information content (AvgIpc) is 2.23. The summed E-state index contributed by atoms with van der Waals surface area (Å²) in [7, 11) is 0. The Kier molecular flexibility index (Phi) is 5.36. The summed E-state index contributed by atoms with van der Waals surface area (Å²) in [5, 5.41) is 3.54. The third-order valence-corrected chi connectivity index (χ3v) is 3.57. The van der Waals surface area contributed by atoms with Crippen molar-refractivity contribution in [3.05, 3.63) is 29.8 Å². The van der Waals surface area contributed by atoms with Gasteiger partial charge < -0.3 is 5.32 Å². The second-order valence-corrected chi connectivity index (χ2v) is 6.20. The van der Waals surface area contributed by atoms with Crippen molar-refractivity contribution < 1.29 is 0 Å². The molecule has 0 heterocycles. The summed E-state index contributed by atoms with van der Waals surface area (Å²) >= 11 is 1.96. The van der Waals surface area contributed by atoms with Crippen molar-refractivity contribution in [3.8, 4) is 0 Å². The fourth-order valence-corrected chi connectivity index (χ4v) is 2.29. The van der Waals surface area contributed by atoms with Crippen molar-refractivity contribution in [1.29, 1.82) is 0 Å². The average molecular weight is 237 g/mol. The lowest BCUT2D eigenvalue weighted by Gasteiger charge is -2.21. The zero-order valence-electron chi connectivity index (χ0n) is 10.8. The monoisotopic (exact) mass is 237 g/mol. The van der Waals surface area contributed by atoms with Gasteiger partial charge in [0.15, 0.2) is 0 Å². The van der Waals surface area contributed by atoms with Crippen molar-refractivity contribution in [2.45, 2.75) is 51.1 Å². The van der Waals surface area contributed by atoms with Gasteiger partial charge in [-0.3, -0.25) is 0 Å². The smallest absolute Gasteiger partial charge is 0.0221 e. The topological polar surface area (TPSA) is 12.0 Å². The summed E-state index contributed by atoms with van der Waals surface area (Å²) in [5.74, 6) is 1.20. The SMILES string of the molecule is CCCSc1ccccc1CNC(C)(C)C. The van der Waals surface area contributed by atoms with Gasteiger partial charge in [-0.05, 0) is 44.6 Å². The second kappa shape index (κ2) is 6.31. The van der Waals surface area contributed by atoms with Gasteiger partial charge in [-0.2, -0.15) is 0 Å². The van der Waals surface area contributed by atoms with Gasteiger partial charge in [0, 0.05) is 17.0 Å². The lowest BCUT2D eigenvalue weighted by molar-refractivity contribution is 0.422. The lowest BCUT2D eigenvalue weighted by Crippen LogP contribution is -2.35. The maximum atomic E-state index is 3.54. The Morgan fingerprint density at radius 3 is 2.50 bits per heavy atom. The Bertz CT molecular complexity index is 315. The second-order valence-electron chi connectivity index (χ2n) is 5.06. The van der Waals surface area contributed by atoms with Crippen LogP contribution in [0.15, 0.2) is 29.2 Å². The highest BCUT2D eigenvalue weighted by Crippen LogP contribution is 2.23. The number of hydrogen-bond acceptors (Lipinski definition) is 2. The van der Waals surface area contributed by atoms with Gasteiger partial charge in [-0.1, -0.05) is 25.1 Å². The number of benzene rings is 1. The molecule has 0 atom stereocenters. The third kappa shape index (κ3) is 5.04. The van der Waals surface area contributed by atoms with E-state index in [0.717, 1.165) is 6.54 Å². The van der Waals surface area contributed by atoms with Crippen LogP contribution in [0.25, 0.3) is 0 Å². The minimum atomic E-state index is 0.183. The van der Waals surface area contributed by atoms with E-state index in [2.05, 4.69) is 57.3 Å². The molecule has 0 saturated carbocycles. The maximum absolute atomic E-state index is 3.54. The summed E-state index contributed by atoms with van der Waals surface area (Å²) in [4.78, 5) is 1.42. The number of thioether (sulfide) groups is 1. The number of nitrogens with one attached hydrogen (secondary N) is 1. The number of rotatable bonds is 5. The summed E-state index contributed by atoms with van der Waals surface area (Å²) in [6, 6.07) is 8.69. The van der Waals surface area contributed by atoms with E-state index in [1.165, 1.54) is 22.6 Å². The highest BCUT2D eigenvalue weighted by atomic mass is 32.2. The zero-order chi connectivity index (χ0) is 12.0. The molecule has 1 rings (SSSR count). The minimum Gasteiger partial charge on any atom is -0.308 e. The van der Waals surface area contributed by atoms with E-state index < -0.39 is 0 Å². The molecule has 1 aromatic rings. The Hall–Kier alpha value is -0.470. The molecule has 0 aliphatic rings. The van der Waals surface area contributed by atoms with Crippen molar-refractivity contribution in [2.24, 2.45) is 0 Å². The van der Waals surface area contributed by atoms with Gasteiger partial charge in [0.25, 0.3) is 0 Å². The Labute approximate surface area is 104 Å². The Morgan fingerprint density at radius 1 is 1.19 bits per heavy atom. The van der Waals surface area contributed by atoms with Gasteiger partial charge in [0.1, 0.15) is 0 Å². The molecule has 1 nitrogen and oxygen atoms in total. The molecule has 1 aromatic carbocycles. The van der Waals surface area contributed by atoms with E-state index in [0.29, 0.717) is 0 Å². The van der Waals surface area contributed by atoms with E-state index in [4.69, 9.17) is 0 Å². The van der Waals surface area contributed by atoms with Crippen LogP contribution in [0.2, 0.25) is 0 Å². The van der Waals surface area contributed by atoms with E-state index >= 15 is 0 Å². The molecule has 0 saturated heterocycles. The molecule has 0 aliphatic heterocycles. The fraction of sp³-hybridized carbons (Fsp3) is 0.571. The van der Waals surface area contributed by atoms with Gasteiger partial charge in [-0.15, -0.1) is 11.8 Å². The molecule has 0 spiro atoms. The van der Waals surface area contributed by atoms with Gasteiger partial charge in [0.05, 0.1) is 0 Å². The van der Waals surface area contributed by atoms with E-state index in [1.807, 2.05) is 11.8 Å². The normalized spacial score (nSPS) is 11.8. The first-order chi connectivity index (χ1) is 7.53. The highest BCUT2D eigenvalue weighted by Gasteiger charge is 2.09. The summed E-state index contributed by atoms with van der Waals surface area (Å²) in [6.45, 7) is 9.79. The predicted octanol–water partition coefficient (Wildman–Crippen LogP) is 4.08. The van der Waals surface area contributed by atoms with Crippen LogP contribution in [0.3, 0.4) is 0 Å². The third-order valence-electron chi connectivity index (χ3n) is 2.24. The first-order valence-corrected chi connectivity index (χ1v) is 6.97. The predicted molar refractivity (Wildman–Crippen MR) is 74.0 cm³/mol. The summed E-state index contributed by atoms with van der Waals surface area (Å²) in [5.41, 5.74) is 1.60. The largest absolute Gasteiger partial charge is 0.308 e. The van der Waals surface area contributed by atoms with Crippen molar-refractivity contribution in [2.75, 3.05) is 5.75 Å². The summed E-state index contributed by atoms with van der Waals surface area (Å²) < 4.78 is 0. The standard InChI is InChI=1S/C14H23NS/c1-5-10-16-13-9-7-6-8-12(13)11-15-14(2,3)4/h6-9,15H,5,10-11H2,1-4H3. The summed E-state index contributed by atoms with van der Waals surface area (Å²) in [6.07, 6.45) is 1.23. The van der Waals surface area contributed by atoms with Gasteiger partial charge in [-0.25, -0.2) is 0 Å². The molecule has 0 amide bonds. The van der Waals surface area contributed by atoms with Crippen LogP contribution in [0.1, 0.15) is 39.7 Å². The molecule has 16 heavy (non-hydrogen) atoms. The van der Waals surface area contributed by atoms with Gasteiger partial charge in [0.2, 0.25) is 0 Å². The van der Waals surface area contributed by atoms with Crippen molar-refractivity contribution in [1.82, 2.24) is 5.32 Å². The molecule has 0 aliphatic carbocycles. The van der Waals surface area contributed by atoms with Crippen molar-refractivity contribution >= 4 is 11.8 Å². The molecular weight excluding hydrogens is 214 g/mol. The zero-order valence-corrected chi connectivity index (χ0v) is 11.7. The molecule has 1 N–H and O–H groups in total. The molecule has 2 heteroatoms. The van der Waals surface area contributed by atoms with Crippen LogP contribution in [0, 0.1) is 0 Å². The fourth-order valence-electron chi connectivity index (χ4n) is 1.36. The molecule has 0 bridgehead atoms. The molecule has 0 fully saturated rings. The van der Waals surface area contributed by atoms with E-state index in [1.54, 1.807) is 0 Å². The molecule has 0 radical (unpaired) electrons.